The molecular formula is C5H5NO5PS+. The first-order valence-electron chi connectivity index (χ1n) is 3.07. The van der Waals surface area contributed by atoms with Crippen molar-refractivity contribution in [1.29, 1.82) is 0 Å². The van der Waals surface area contributed by atoms with E-state index < -0.39 is 20.8 Å². The number of rotatable bonds is 4. The summed E-state index contributed by atoms with van der Waals surface area (Å²) in [5.74, 6) is -0.757. The van der Waals surface area contributed by atoms with Gasteiger partial charge < -0.3 is 4.74 Å². The number of hydrogen-bond donors (Lipinski definition) is 1. The lowest BCUT2D eigenvalue weighted by molar-refractivity contribution is -0.136. The fourth-order valence-electron chi connectivity index (χ4n) is 0.496. The van der Waals surface area contributed by atoms with Crippen LogP contribution in [-0.4, -0.2) is 22.5 Å². The molecule has 0 aliphatic heterocycles. The molecular weight excluding hydrogens is 217 g/mol. The van der Waals surface area contributed by atoms with Crippen LogP contribution in [0.3, 0.4) is 0 Å². The van der Waals surface area contributed by atoms with E-state index in [-0.39, 0.29) is 5.19 Å². The van der Waals surface area contributed by atoms with Gasteiger partial charge in [-0.05, 0) is 0 Å². The SMILES string of the molecule is O=C(CO[P+](=O)O)Oc1nccs1. The lowest BCUT2D eigenvalue weighted by Crippen LogP contribution is -2.13. The largest absolute Gasteiger partial charge is 0.695 e. The van der Waals surface area contributed by atoms with E-state index in [1.54, 1.807) is 5.38 Å². The van der Waals surface area contributed by atoms with Crippen molar-refractivity contribution in [3.05, 3.63) is 11.6 Å². The maximum atomic E-state index is 10.8. The second-order valence-corrected chi connectivity index (χ2v) is 3.37. The summed E-state index contributed by atoms with van der Waals surface area (Å²) >= 11 is 1.14. The minimum Gasteiger partial charge on any atom is -0.396 e. The minimum absolute atomic E-state index is 0.182. The Balaban J connectivity index is 2.30. The van der Waals surface area contributed by atoms with E-state index in [2.05, 4.69) is 14.2 Å². The fourth-order valence-corrected chi connectivity index (χ4v) is 1.21. The zero-order valence-electron chi connectivity index (χ0n) is 6.24. The number of esters is 1. The van der Waals surface area contributed by atoms with E-state index in [9.17, 15) is 9.36 Å². The van der Waals surface area contributed by atoms with Crippen molar-refractivity contribution in [2.45, 2.75) is 0 Å². The summed E-state index contributed by atoms with van der Waals surface area (Å²) in [7, 11) is -2.76. The summed E-state index contributed by atoms with van der Waals surface area (Å²) in [5.41, 5.74) is 0. The number of hydrogen-bond acceptors (Lipinski definition) is 6. The van der Waals surface area contributed by atoms with Gasteiger partial charge in [0.25, 0.3) is 5.19 Å². The molecule has 1 N–H and O–H groups in total. The number of carbonyl (C=O) groups excluding carboxylic acids is 1. The van der Waals surface area contributed by atoms with Gasteiger partial charge in [-0.1, -0.05) is 11.3 Å². The van der Waals surface area contributed by atoms with Gasteiger partial charge in [0.15, 0.2) is 0 Å². The zero-order chi connectivity index (χ0) is 9.68. The van der Waals surface area contributed by atoms with Crippen LogP contribution in [0.4, 0.5) is 0 Å². The number of nitrogens with zero attached hydrogens (tertiary/aromatic N) is 1. The van der Waals surface area contributed by atoms with E-state index in [0.29, 0.717) is 0 Å². The third-order valence-electron chi connectivity index (χ3n) is 0.904. The highest BCUT2D eigenvalue weighted by molar-refractivity contribution is 7.32. The molecule has 1 unspecified atom stereocenters. The van der Waals surface area contributed by atoms with Crippen molar-refractivity contribution in [3.63, 3.8) is 0 Å². The van der Waals surface area contributed by atoms with Crippen molar-refractivity contribution in [2.75, 3.05) is 6.61 Å². The Bertz CT molecular complexity index is 300. The Morgan fingerprint density at radius 1 is 1.77 bits per heavy atom. The van der Waals surface area contributed by atoms with Crippen LogP contribution in [0, 0.1) is 0 Å². The van der Waals surface area contributed by atoms with Gasteiger partial charge in [0.05, 0.1) is 0 Å². The Morgan fingerprint density at radius 2 is 2.54 bits per heavy atom. The van der Waals surface area contributed by atoms with Crippen LogP contribution in [0.5, 0.6) is 5.19 Å². The van der Waals surface area contributed by atoms with Crippen molar-refractivity contribution in [2.24, 2.45) is 0 Å². The van der Waals surface area contributed by atoms with Gasteiger partial charge in [0, 0.05) is 16.1 Å². The predicted molar refractivity (Wildman–Crippen MR) is 43.5 cm³/mol. The van der Waals surface area contributed by atoms with Gasteiger partial charge in [0.2, 0.25) is 6.61 Å². The molecule has 0 aromatic carbocycles. The van der Waals surface area contributed by atoms with E-state index in [1.807, 2.05) is 0 Å². The molecule has 0 radical (unpaired) electrons. The fraction of sp³-hybridized carbons (Fsp3) is 0.200. The summed E-state index contributed by atoms with van der Waals surface area (Å²) in [6.07, 6.45) is 1.47. The number of thiazole rings is 1. The molecule has 1 rings (SSSR count). The van der Waals surface area contributed by atoms with Crippen molar-refractivity contribution < 1.29 is 23.5 Å². The van der Waals surface area contributed by atoms with Gasteiger partial charge >= 0.3 is 14.2 Å². The van der Waals surface area contributed by atoms with Crippen LogP contribution < -0.4 is 4.74 Å². The lowest BCUT2D eigenvalue weighted by atomic mass is 10.7. The van der Waals surface area contributed by atoms with E-state index in [1.165, 1.54) is 6.20 Å². The van der Waals surface area contributed by atoms with Crippen LogP contribution in [0.1, 0.15) is 0 Å². The first kappa shape index (κ1) is 10.2. The Kier molecular flexibility index (Phi) is 3.91. The molecule has 0 fully saturated rings. The van der Waals surface area contributed by atoms with Crippen LogP contribution in [-0.2, 0) is 13.9 Å². The second kappa shape index (κ2) is 4.98. The normalized spacial score (nSPS) is 11.0. The zero-order valence-corrected chi connectivity index (χ0v) is 7.96. The lowest BCUT2D eigenvalue weighted by Gasteiger charge is -1.94. The van der Waals surface area contributed by atoms with Crippen LogP contribution >= 0.6 is 19.6 Å². The number of carbonyl (C=O) groups is 1. The van der Waals surface area contributed by atoms with Crippen molar-refractivity contribution in [1.82, 2.24) is 4.98 Å². The topological polar surface area (TPSA) is 85.7 Å². The smallest absolute Gasteiger partial charge is 0.396 e. The summed E-state index contributed by atoms with van der Waals surface area (Å²) in [4.78, 5) is 22.7. The summed E-state index contributed by atoms with van der Waals surface area (Å²) in [6.45, 7) is -0.564. The summed E-state index contributed by atoms with van der Waals surface area (Å²) in [5, 5.41) is 1.82. The average molecular weight is 222 g/mol. The van der Waals surface area contributed by atoms with Gasteiger partial charge in [-0.25, -0.2) is 9.78 Å². The quantitative estimate of drug-likeness (QED) is 0.596. The molecule has 0 spiro atoms. The van der Waals surface area contributed by atoms with Gasteiger partial charge in [-0.3, -0.25) is 0 Å². The third-order valence-corrected chi connectivity index (χ3v) is 1.90. The molecule has 1 aromatic heterocycles. The third kappa shape index (κ3) is 4.05. The van der Waals surface area contributed by atoms with Crippen LogP contribution in [0.15, 0.2) is 11.6 Å². The monoisotopic (exact) mass is 222 g/mol. The highest BCUT2D eigenvalue weighted by Crippen LogP contribution is 2.16. The summed E-state index contributed by atoms with van der Waals surface area (Å²) < 4.78 is 18.7. The molecule has 0 amide bonds. The molecule has 0 bridgehead atoms. The Morgan fingerprint density at radius 3 is 3.08 bits per heavy atom. The molecule has 1 atom stereocenters. The number of ether oxygens (including phenoxy) is 1. The van der Waals surface area contributed by atoms with Crippen LogP contribution in [0.2, 0.25) is 0 Å². The highest BCUT2D eigenvalue weighted by Gasteiger charge is 2.17. The minimum atomic E-state index is -2.76. The second-order valence-electron chi connectivity index (χ2n) is 1.78. The molecule has 13 heavy (non-hydrogen) atoms. The molecule has 1 aromatic rings. The predicted octanol–water partition coefficient (Wildman–Crippen LogP) is 0.715. The average Bonchev–Trinajstić information content (AvgIpc) is 2.53. The number of aromatic nitrogens is 1. The summed E-state index contributed by atoms with van der Waals surface area (Å²) in [6, 6.07) is 0. The molecule has 0 aliphatic carbocycles. The molecule has 6 nitrogen and oxygen atoms in total. The molecule has 0 saturated carbocycles. The van der Waals surface area contributed by atoms with Gasteiger partial charge in [-0.2, -0.15) is 0 Å². The van der Waals surface area contributed by atoms with E-state index >= 15 is 0 Å². The Hall–Kier alpha value is -0.880. The molecule has 8 heteroatoms. The first-order chi connectivity index (χ1) is 6.18. The van der Waals surface area contributed by atoms with E-state index in [4.69, 9.17) is 4.89 Å². The van der Waals surface area contributed by atoms with E-state index in [0.717, 1.165) is 11.3 Å². The molecule has 70 valence electrons. The Labute approximate surface area is 78.1 Å². The van der Waals surface area contributed by atoms with Crippen molar-refractivity contribution in [3.8, 4) is 5.19 Å². The molecule has 0 aliphatic rings. The standard InChI is InChI=1S/C5H4NO5PS/c7-4(3-10-12(8)9)11-5-6-1-2-13-5/h1-2H,3H2/p+1. The molecule has 0 saturated heterocycles. The van der Waals surface area contributed by atoms with Gasteiger partial charge in [-0.15, -0.1) is 9.42 Å². The maximum absolute atomic E-state index is 10.8. The highest BCUT2D eigenvalue weighted by atomic mass is 32.1. The van der Waals surface area contributed by atoms with Crippen LogP contribution in [0.25, 0.3) is 0 Å². The maximum Gasteiger partial charge on any atom is 0.695 e. The van der Waals surface area contributed by atoms with Gasteiger partial charge in [0.1, 0.15) is 0 Å². The molecule has 1 heterocycles. The first-order valence-corrected chi connectivity index (χ1v) is 5.08. The van der Waals surface area contributed by atoms with Crippen molar-refractivity contribution >= 4 is 25.6 Å².